The molecule has 1 fully saturated rings. The van der Waals surface area contributed by atoms with E-state index in [1.165, 1.54) is 10.4 Å². The van der Waals surface area contributed by atoms with Crippen LogP contribution in [0, 0.1) is 33.6 Å². The largest absolute Gasteiger partial charge is 0.325 e. The lowest BCUT2D eigenvalue weighted by Gasteiger charge is -2.31. The Morgan fingerprint density at radius 3 is 2.34 bits per heavy atom. The van der Waals surface area contributed by atoms with Gasteiger partial charge in [0.15, 0.2) is 0 Å². The number of hydrogen-bond acceptors (Lipinski definition) is 3. The number of halogens is 1. The molecule has 0 saturated carbocycles. The number of nitrogens with zero attached hydrogens (tertiary/aromatic N) is 1. The molecule has 2 aromatic carbocycles. The summed E-state index contributed by atoms with van der Waals surface area (Å²) >= 11 is 6.12. The highest BCUT2D eigenvalue weighted by Gasteiger charge is 2.33. The van der Waals surface area contributed by atoms with E-state index in [-0.39, 0.29) is 23.3 Å². The van der Waals surface area contributed by atoms with Crippen LogP contribution in [0.1, 0.15) is 35.1 Å². The molecule has 1 saturated heterocycles. The molecule has 3 rings (SSSR count). The molecular formula is C22H27ClN2O3S. The summed E-state index contributed by atoms with van der Waals surface area (Å²) in [7, 11) is -3.69. The van der Waals surface area contributed by atoms with Gasteiger partial charge in [-0.2, -0.15) is 4.31 Å². The maximum Gasteiger partial charge on any atom is 0.243 e. The number of benzene rings is 2. The van der Waals surface area contributed by atoms with Gasteiger partial charge in [-0.05, 0) is 69.4 Å². The van der Waals surface area contributed by atoms with Crippen LogP contribution in [-0.2, 0) is 14.8 Å². The highest BCUT2D eigenvalue weighted by molar-refractivity contribution is 7.89. The van der Waals surface area contributed by atoms with E-state index in [0.717, 1.165) is 27.9 Å². The van der Waals surface area contributed by atoms with Crippen LogP contribution in [0.25, 0.3) is 0 Å². The minimum atomic E-state index is -3.69. The first-order valence-corrected chi connectivity index (χ1v) is 11.6. The molecule has 1 aliphatic heterocycles. The molecule has 2 aromatic rings. The Bertz CT molecular complexity index is 1030. The standard InChI is InChI=1S/C22H27ClN2O3S/c1-14-10-16(3)21(17(4)11-14)24-22(26)18-6-5-9-25(13-18)29(27,28)19-8-7-15(2)20(23)12-19/h7-8,10-12,18H,5-6,9,13H2,1-4H3,(H,24,26). The second kappa shape index (κ2) is 8.46. The lowest BCUT2D eigenvalue weighted by atomic mass is 9.98. The molecule has 1 N–H and O–H groups in total. The Kier molecular flexibility index (Phi) is 6.36. The number of carbonyl (C=O) groups excluding carboxylic acids is 1. The molecule has 7 heteroatoms. The summed E-state index contributed by atoms with van der Waals surface area (Å²) in [5.74, 6) is -0.526. The fourth-order valence-electron chi connectivity index (χ4n) is 3.86. The van der Waals surface area contributed by atoms with Gasteiger partial charge in [-0.15, -0.1) is 0 Å². The van der Waals surface area contributed by atoms with E-state index in [1.54, 1.807) is 12.1 Å². The van der Waals surface area contributed by atoms with E-state index in [4.69, 9.17) is 11.6 Å². The summed E-state index contributed by atoms with van der Waals surface area (Å²) in [4.78, 5) is 13.1. The Morgan fingerprint density at radius 1 is 1.07 bits per heavy atom. The molecule has 0 radical (unpaired) electrons. The van der Waals surface area contributed by atoms with Gasteiger partial charge in [-0.25, -0.2) is 8.42 Å². The van der Waals surface area contributed by atoms with Gasteiger partial charge in [0.2, 0.25) is 15.9 Å². The molecule has 0 aromatic heterocycles. The molecule has 5 nitrogen and oxygen atoms in total. The average Bonchev–Trinajstić information content (AvgIpc) is 2.66. The van der Waals surface area contributed by atoms with Crippen molar-refractivity contribution >= 4 is 33.2 Å². The van der Waals surface area contributed by atoms with E-state index in [1.807, 2.05) is 39.8 Å². The van der Waals surface area contributed by atoms with Crippen molar-refractivity contribution in [3.8, 4) is 0 Å². The number of anilines is 1. The first-order chi connectivity index (χ1) is 13.6. The molecule has 1 atom stereocenters. The lowest BCUT2D eigenvalue weighted by Crippen LogP contribution is -2.43. The molecule has 1 amide bonds. The highest BCUT2D eigenvalue weighted by Crippen LogP contribution is 2.28. The molecule has 1 unspecified atom stereocenters. The highest BCUT2D eigenvalue weighted by atomic mass is 35.5. The van der Waals surface area contributed by atoms with Gasteiger partial charge in [0, 0.05) is 23.8 Å². The summed E-state index contributed by atoms with van der Waals surface area (Å²) in [5, 5.41) is 3.44. The van der Waals surface area contributed by atoms with Crippen molar-refractivity contribution in [2.75, 3.05) is 18.4 Å². The third-order valence-corrected chi connectivity index (χ3v) is 7.73. The molecule has 1 aliphatic rings. The maximum atomic E-state index is 13.1. The number of aryl methyl sites for hydroxylation is 4. The Morgan fingerprint density at radius 2 is 1.72 bits per heavy atom. The van der Waals surface area contributed by atoms with Gasteiger partial charge in [0.25, 0.3) is 0 Å². The molecular weight excluding hydrogens is 408 g/mol. The summed E-state index contributed by atoms with van der Waals surface area (Å²) < 4.78 is 27.5. The van der Waals surface area contributed by atoms with Crippen molar-refractivity contribution in [2.24, 2.45) is 5.92 Å². The quantitative estimate of drug-likeness (QED) is 0.763. The Hall–Kier alpha value is -1.89. The van der Waals surface area contributed by atoms with Crippen LogP contribution in [0.5, 0.6) is 0 Å². The van der Waals surface area contributed by atoms with E-state index in [9.17, 15) is 13.2 Å². The second-order valence-corrected chi connectivity index (χ2v) is 10.2. The van der Waals surface area contributed by atoms with Crippen LogP contribution in [0.3, 0.4) is 0 Å². The van der Waals surface area contributed by atoms with Crippen molar-refractivity contribution in [2.45, 2.75) is 45.4 Å². The van der Waals surface area contributed by atoms with Crippen molar-refractivity contribution in [3.63, 3.8) is 0 Å². The van der Waals surface area contributed by atoms with Crippen LogP contribution in [0.2, 0.25) is 5.02 Å². The summed E-state index contributed by atoms with van der Waals surface area (Å²) in [6.45, 7) is 8.36. The second-order valence-electron chi connectivity index (χ2n) is 7.88. The fraction of sp³-hybridized carbons (Fsp3) is 0.409. The van der Waals surface area contributed by atoms with Crippen LogP contribution >= 0.6 is 11.6 Å². The van der Waals surface area contributed by atoms with Gasteiger partial charge in [-0.3, -0.25) is 4.79 Å². The van der Waals surface area contributed by atoms with Crippen molar-refractivity contribution in [1.29, 1.82) is 0 Å². The topological polar surface area (TPSA) is 66.5 Å². The van der Waals surface area contributed by atoms with E-state index < -0.39 is 10.0 Å². The molecule has 156 valence electrons. The SMILES string of the molecule is Cc1cc(C)c(NC(=O)C2CCCN(S(=O)(=O)c3ccc(C)c(Cl)c3)C2)c(C)c1. The number of sulfonamides is 1. The molecule has 0 aliphatic carbocycles. The van der Waals surface area contributed by atoms with Gasteiger partial charge < -0.3 is 5.32 Å². The minimum absolute atomic E-state index is 0.137. The lowest BCUT2D eigenvalue weighted by molar-refractivity contribution is -0.120. The first kappa shape index (κ1) is 21.8. The number of rotatable bonds is 4. The number of hydrogen-bond donors (Lipinski definition) is 1. The van der Waals surface area contributed by atoms with Gasteiger partial charge in [0.1, 0.15) is 0 Å². The molecule has 1 heterocycles. The predicted octanol–water partition coefficient (Wildman–Crippen LogP) is 4.61. The summed E-state index contributed by atoms with van der Waals surface area (Å²) in [6.07, 6.45) is 1.30. The smallest absolute Gasteiger partial charge is 0.243 e. The van der Waals surface area contributed by atoms with Gasteiger partial charge in [0.05, 0.1) is 10.8 Å². The van der Waals surface area contributed by atoms with Crippen molar-refractivity contribution in [3.05, 3.63) is 57.6 Å². The number of amides is 1. The minimum Gasteiger partial charge on any atom is -0.325 e. The zero-order valence-corrected chi connectivity index (χ0v) is 18.8. The third kappa shape index (κ3) is 4.65. The molecule has 0 spiro atoms. The third-order valence-electron chi connectivity index (χ3n) is 5.46. The number of piperidine rings is 1. The fourth-order valence-corrected chi connectivity index (χ4v) is 5.66. The Labute approximate surface area is 178 Å². The van der Waals surface area contributed by atoms with E-state index >= 15 is 0 Å². The monoisotopic (exact) mass is 434 g/mol. The van der Waals surface area contributed by atoms with E-state index in [2.05, 4.69) is 5.32 Å². The zero-order chi connectivity index (χ0) is 21.3. The summed E-state index contributed by atoms with van der Waals surface area (Å²) in [6, 6.07) is 8.81. The average molecular weight is 435 g/mol. The first-order valence-electron chi connectivity index (χ1n) is 9.74. The van der Waals surface area contributed by atoms with Crippen LogP contribution in [-0.4, -0.2) is 31.7 Å². The van der Waals surface area contributed by atoms with Gasteiger partial charge >= 0.3 is 0 Å². The normalized spacial score (nSPS) is 17.9. The Balaban J connectivity index is 1.78. The maximum absolute atomic E-state index is 13.1. The number of carbonyl (C=O) groups is 1. The predicted molar refractivity (Wildman–Crippen MR) is 117 cm³/mol. The molecule has 0 bridgehead atoms. The van der Waals surface area contributed by atoms with Gasteiger partial charge in [-0.1, -0.05) is 35.4 Å². The number of nitrogens with one attached hydrogen (secondary N) is 1. The van der Waals surface area contributed by atoms with Crippen LogP contribution < -0.4 is 5.32 Å². The summed E-state index contributed by atoms with van der Waals surface area (Å²) in [5.41, 5.74) is 4.79. The molecule has 29 heavy (non-hydrogen) atoms. The zero-order valence-electron chi connectivity index (χ0n) is 17.3. The van der Waals surface area contributed by atoms with Crippen molar-refractivity contribution < 1.29 is 13.2 Å². The van der Waals surface area contributed by atoms with Crippen LogP contribution in [0.4, 0.5) is 5.69 Å². The van der Waals surface area contributed by atoms with Crippen molar-refractivity contribution in [1.82, 2.24) is 4.31 Å². The van der Waals surface area contributed by atoms with Crippen LogP contribution in [0.15, 0.2) is 35.2 Å². The van der Waals surface area contributed by atoms with E-state index in [0.29, 0.717) is 24.4 Å².